The van der Waals surface area contributed by atoms with Gasteiger partial charge in [-0.25, -0.2) is 9.78 Å². The number of aryl methyl sites for hydroxylation is 1. The van der Waals surface area contributed by atoms with E-state index >= 15 is 0 Å². The summed E-state index contributed by atoms with van der Waals surface area (Å²) >= 11 is 12.0. The van der Waals surface area contributed by atoms with Crippen molar-refractivity contribution in [1.29, 1.82) is 0 Å². The molecule has 1 saturated heterocycles. The fourth-order valence-electron chi connectivity index (χ4n) is 3.24. The van der Waals surface area contributed by atoms with Gasteiger partial charge < -0.3 is 14.5 Å². The van der Waals surface area contributed by atoms with Gasteiger partial charge in [-0.05, 0) is 44.2 Å². The molecule has 0 N–H and O–H groups in total. The van der Waals surface area contributed by atoms with Gasteiger partial charge in [0.25, 0.3) is 11.8 Å². The summed E-state index contributed by atoms with van der Waals surface area (Å²) in [7, 11) is 0. The number of amides is 2. The molecule has 30 heavy (non-hydrogen) atoms. The van der Waals surface area contributed by atoms with Crippen LogP contribution in [-0.4, -0.2) is 65.4 Å². The minimum Gasteiger partial charge on any atom is -0.462 e. The Morgan fingerprint density at radius 3 is 2.07 bits per heavy atom. The van der Waals surface area contributed by atoms with Gasteiger partial charge in [0, 0.05) is 41.8 Å². The van der Waals surface area contributed by atoms with Crippen LogP contribution in [0.1, 0.15) is 43.8 Å². The highest BCUT2D eigenvalue weighted by Crippen LogP contribution is 2.21. The molecule has 9 heteroatoms. The lowest BCUT2D eigenvalue weighted by atomic mass is 10.1. The normalized spacial score (nSPS) is 13.9. The summed E-state index contributed by atoms with van der Waals surface area (Å²) in [6.07, 6.45) is 0. The van der Waals surface area contributed by atoms with Gasteiger partial charge in [-0.15, -0.1) is 0 Å². The third kappa shape index (κ3) is 4.91. The largest absolute Gasteiger partial charge is 0.462 e. The summed E-state index contributed by atoms with van der Waals surface area (Å²) in [4.78, 5) is 45.0. The molecule has 2 amide bonds. The lowest BCUT2D eigenvalue weighted by molar-refractivity contribution is 0.0521. The number of carbonyl (C=O) groups is 3. The molecular weight excluding hydrogens is 429 g/mol. The van der Waals surface area contributed by atoms with Gasteiger partial charge in [-0.2, -0.15) is 0 Å². The molecule has 0 saturated carbocycles. The fourth-order valence-corrected chi connectivity index (χ4v) is 3.77. The quantitative estimate of drug-likeness (QED) is 0.667. The predicted octanol–water partition coefficient (Wildman–Crippen LogP) is 3.47. The zero-order valence-electron chi connectivity index (χ0n) is 16.7. The standard InChI is InChI=1S/C21H21Cl2N3O4/c1-3-30-21(29)17-4-5-18(24-13(17)2)20(28)26-8-6-25(7-9-26)19(27)14-10-15(22)12-16(23)11-14/h4-5,10-12H,3,6-9H2,1-2H3. The van der Waals surface area contributed by atoms with E-state index in [1.54, 1.807) is 47.9 Å². The van der Waals surface area contributed by atoms with Crippen molar-refractivity contribution in [3.05, 3.63) is 62.9 Å². The molecule has 7 nitrogen and oxygen atoms in total. The summed E-state index contributed by atoms with van der Waals surface area (Å²) in [5.41, 5.74) is 1.44. The number of aromatic nitrogens is 1. The van der Waals surface area contributed by atoms with Crippen molar-refractivity contribution in [2.24, 2.45) is 0 Å². The van der Waals surface area contributed by atoms with Crippen molar-refractivity contribution in [3.8, 4) is 0 Å². The number of nitrogens with zero attached hydrogens (tertiary/aromatic N) is 3. The number of pyridine rings is 1. The van der Waals surface area contributed by atoms with Crippen molar-refractivity contribution in [2.45, 2.75) is 13.8 Å². The lowest BCUT2D eigenvalue weighted by Gasteiger charge is -2.34. The first kappa shape index (κ1) is 22.1. The molecule has 3 rings (SSSR count). The van der Waals surface area contributed by atoms with Gasteiger partial charge in [0.15, 0.2) is 0 Å². The summed E-state index contributed by atoms with van der Waals surface area (Å²) in [5, 5.41) is 0.791. The molecule has 2 aromatic rings. The van der Waals surface area contributed by atoms with E-state index in [1.165, 1.54) is 6.07 Å². The molecule has 0 aliphatic carbocycles. The average molecular weight is 450 g/mol. The Bertz CT molecular complexity index is 968. The maximum absolute atomic E-state index is 12.8. The Labute approximate surface area is 184 Å². The first-order chi connectivity index (χ1) is 14.3. The number of esters is 1. The van der Waals surface area contributed by atoms with Gasteiger partial charge in [0.2, 0.25) is 0 Å². The molecule has 1 aliphatic rings. The Morgan fingerprint density at radius 1 is 0.967 bits per heavy atom. The highest BCUT2D eigenvalue weighted by Gasteiger charge is 2.27. The van der Waals surface area contributed by atoms with Crippen molar-refractivity contribution < 1.29 is 19.1 Å². The average Bonchev–Trinajstić information content (AvgIpc) is 2.72. The smallest absolute Gasteiger partial charge is 0.339 e. The van der Waals surface area contributed by atoms with Crippen LogP contribution in [0.5, 0.6) is 0 Å². The van der Waals surface area contributed by atoms with E-state index in [0.29, 0.717) is 53.0 Å². The van der Waals surface area contributed by atoms with Crippen LogP contribution >= 0.6 is 23.2 Å². The minimum atomic E-state index is -0.463. The zero-order valence-corrected chi connectivity index (χ0v) is 18.2. The van der Waals surface area contributed by atoms with Crippen LogP contribution in [0.25, 0.3) is 0 Å². The SMILES string of the molecule is CCOC(=O)c1ccc(C(=O)N2CCN(C(=O)c3cc(Cl)cc(Cl)c3)CC2)nc1C. The second kappa shape index (κ2) is 9.45. The Balaban J connectivity index is 1.64. The van der Waals surface area contributed by atoms with Gasteiger partial charge in [-0.1, -0.05) is 23.2 Å². The van der Waals surface area contributed by atoms with E-state index < -0.39 is 5.97 Å². The molecule has 1 aromatic heterocycles. The molecule has 1 fully saturated rings. The number of hydrogen-bond acceptors (Lipinski definition) is 5. The highest BCUT2D eigenvalue weighted by atomic mass is 35.5. The Hall–Kier alpha value is -2.64. The lowest BCUT2D eigenvalue weighted by Crippen LogP contribution is -2.50. The van der Waals surface area contributed by atoms with E-state index in [2.05, 4.69) is 4.98 Å². The van der Waals surface area contributed by atoms with Crippen LogP contribution in [0.3, 0.4) is 0 Å². The van der Waals surface area contributed by atoms with Gasteiger partial charge in [0.1, 0.15) is 5.69 Å². The van der Waals surface area contributed by atoms with Gasteiger partial charge >= 0.3 is 5.97 Å². The third-order valence-corrected chi connectivity index (χ3v) is 5.20. The molecule has 0 spiro atoms. The number of benzene rings is 1. The third-order valence-electron chi connectivity index (χ3n) is 4.76. The topological polar surface area (TPSA) is 79.8 Å². The predicted molar refractivity (Wildman–Crippen MR) is 113 cm³/mol. The molecule has 0 radical (unpaired) electrons. The van der Waals surface area contributed by atoms with E-state index in [1.807, 2.05) is 0 Å². The van der Waals surface area contributed by atoms with Crippen molar-refractivity contribution in [3.63, 3.8) is 0 Å². The first-order valence-electron chi connectivity index (χ1n) is 9.49. The van der Waals surface area contributed by atoms with Crippen LogP contribution < -0.4 is 0 Å². The van der Waals surface area contributed by atoms with Gasteiger partial charge in [-0.3, -0.25) is 9.59 Å². The van der Waals surface area contributed by atoms with E-state index in [4.69, 9.17) is 27.9 Å². The van der Waals surface area contributed by atoms with Crippen LogP contribution in [0.15, 0.2) is 30.3 Å². The second-order valence-electron chi connectivity index (χ2n) is 6.79. The van der Waals surface area contributed by atoms with Crippen LogP contribution in [-0.2, 0) is 4.74 Å². The molecule has 0 bridgehead atoms. The Morgan fingerprint density at radius 2 is 1.53 bits per heavy atom. The fraction of sp³-hybridized carbons (Fsp3) is 0.333. The van der Waals surface area contributed by atoms with Crippen molar-refractivity contribution in [2.75, 3.05) is 32.8 Å². The first-order valence-corrected chi connectivity index (χ1v) is 10.2. The monoisotopic (exact) mass is 449 g/mol. The molecule has 2 heterocycles. The van der Waals surface area contributed by atoms with E-state index in [0.717, 1.165) is 0 Å². The molecule has 1 aromatic carbocycles. The van der Waals surface area contributed by atoms with Crippen molar-refractivity contribution in [1.82, 2.24) is 14.8 Å². The van der Waals surface area contributed by atoms with Crippen molar-refractivity contribution >= 4 is 41.0 Å². The number of rotatable bonds is 4. The number of carbonyl (C=O) groups excluding carboxylic acids is 3. The van der Waals surface area contributed by atoms with Crippen LogP contribution in [0.2, 0.25) is 10.0 Å². The van der Waals surface area contributed by atoms with Crippen LogP contribution in [0.4, 0.5) is 0 Å². The molecule has 0 atom stereocenters. The zero-order chi connectivity index (χ0) is 21.8. The maximum atomic E-state index is 12.8. The summed E-state index contributed by atoms with van der Waals surface area (Å²) in [6.45, 7) is 5.17. The van der Waals surface area contributed by atoms with Crippen LogP contribution in [0, 0.1) is 6.92 Å². The number of hydrogen-bond donors (Lipinski definition) is 0. The maximum Gasteiger partial charge on any atom is 0.339 e. The van der Waals surface area contributed by atoms with E-state index in [9.17, 15) is 14.4 Å². The minimum absolute atomic E-state index is 0.181. The molecule has 0 unspecified atom stereocenters. The van der Waals surface area contributed by atoms with Gasteiger partial charge in [0.05, 0.1) is 17.9 Å². The number of halogens is 2. The molecule has 158 valence electrons. The second-order valence-corrected chi connectivity index (χ2v) is 7.67. The summed E-state index contributed by atoms with van der Waals surface area (Å²) in [5.74, 6) is -0.889. The summed E-state index contributed by atoms with van der Waals surface area (Å²) in [6, 6.07) is 7.79. The Kier molecular flexibility index (Phi) is 6.95. The number of ether oxygens (including phenoxy) is 1. The summed E-state index contributed by atoms with van der Waals surface area (Å²) < 4.78 is 4.98. The molecular formula is C21H21Cl2N3O4. The molecule has 1 aliphatic heterocycles. The number of piperazine rings is 1. The van der Waals surface area contributed by atoms with E-state index in [-0.39, 0.29) is 24.1 Å². The highest BCUT2D eigenvalue weighted by molar-refractivity contribution is 6.35.